The summed E-state index contributed by atoms with van der Waals surface area (Å²) in [6.07, 6.45) is 3.80. The van der Waals surface area contributed by atoms with Crippen LogP contribution in [0.3, 0.4) is 0 Å². The third-order valence-electron chi connectivity index (χ3n) is 4.80. The van der Waals surface area contributed by atoms with Gasteiger partial charge < -0.3 is 24.3 Å². The molecule has 0 radical (unpaired) electrons. The van der Waals surface area contributed by atoms with Crippen LogP contribution in [0.5, 0.6) is 0 Å². The molecule has 2 atom stereocenters. The van der Waals surface area contributed by atoms with Crippen LogP contribution in [0, 0.1) is 5.41 Å². The lowest BCUT2D eigenvalue weighted by Gasteiger charge is -2.55. The Balaban J connectivity index is 2.05. The normalized spacial score (nSPS) is 24.0. The van der Waals surface area contributed by atoms with Crippen LogP contribution in [0.1, 0.15) is 33.1 Å². The Morgan fingerprint density at radius 3 is 2.05 bits per heavy atom. The highest BCUT2D eigenvalue weighted by atomic mass is 16.6. The minimum Gasteiger partial charge on any atom is -0.382 e. The van der Waals surface area contributed by atoms with Crippen LogP contribution in [-0.2, 0) is 18.9 Å². The van der Waals surface area contributed by atoms with E-state index in [-0.39, 0.29) is 0 Å². The molecule has 0 spiro atoms. The van der Waals surface area contributed by atoms with Crippen molar-refractivity contribution in [3.63, 3.8) is 0 Å². The fourth-order valence-corrected chi connectivity index (χ4v) is 3.30. The van der Waals surface area contributed by atoms with Gasteiger partial charge in [0, 0.05) is 18.6 Å². The van der Waals surface area contributed by atoms with E-state index in [2.05, 4.69) is 19.2 Å². The van der Waals surface area contributed by atoms with Crippen molar-refractivity contribution >= 4 is 0 Å². The van der Waals surface area contributed by atoms with E-state index in [9.17, 15) is 0 Å². The Morgan fingerprint density at radius 2 is 1.52 bits per heavy atom. The number of ether oxygens (including phenoxy) is 4. The highest BCUT2D eigenvalue weighted by Gasteiger charge is 2.52. The number of nitrogens with one attached hydrogen (secondary N) is 1. The fourth-order valence-electron chi connectivity index (χ4n) is 3.30. The molecule has 0 aliphatic heterocycles. The monoisotopic (exact) mass is 303 g/mol. The van der Waals surface area contributed by atoms with Gasteiger partial charge in [-0.15, -0.1) is 0 Å². The topological polar surface area (TPSA) is 49.0 Å². The second kappa shape index (κ2) is 10.5. The lowest BCUT2D eigenvalue weighted by Crippen LogP contribution is -2.62. The lowest BCUT2D eigenvalue weighted by atomic mass is 9.59. The lowest BCUT2D eigenvalue weighted by molar-refractivity contribution is -0.147. The van der Waals surface area contributed by atoms with E-state index in [4.69, 9.17) is 18.9 Å². The number of hydrogen-bond donors (Lipinski definition) is 1. The molecule has 0 aromatic heterocycles. The van der Waals surface area contributed by atoms with E-state index in [1.54, 1.807) is 7.11 Å². The third kappa shape index (κ3) is 5.18. The van der Waals surface area contributed by atoms with Gasteiger partial charge in [0.05, 0.1) is 45.7 Å². The molecule has 1 aliphatic carbocycles. The summed E-state index contributed by atoms with van der Waals surface area (Å²) >= 11 is 0. The van der Waals surface area contributed by atoms with E-state index in [0.717, 1.165) is 19.3 Å². The first-order valence-corrected chi connectivity index (χ1v) is 8.18. The summed E-state index contributed by atoms with van der Waals surface area (Å²) < 4.78 is 21.8. The van der Waals surface area contributed by atoms with Gasteiger partial charge in [0.25, 0.3) is 0 Å². The Kier molecular flexibility index (Phi) is 9.44. The summed E-state index contributed by atoms with van der Waals surface area (Å²) in [7, 11) is 3.72. The Labute approximate surface area is 129 Å². The Morgan fingerprint density at radius 1 is 0.952 bits per heavy atom. The minimum atomic E-state index is 0.304. The molecule has 5 nitrogen and oxygen atoms in total. The summed E-state index contributed by atoms with van der Waals surface area (Å²) in [4.78, 5) is 0. The minimum absolute atomic E-state index is 0.304. The molecule has 1 N–H and O–H groups in total. The summed E-state index contributed by atoms with van der Waals surface area (Å²) in [5, 5.41) is 3.42. The van der Waals surface area contributed by atoms with E-state index < -0.39 is 0 Å². The molecule has 2 unspecified atom stereocenters. The van der Waals surface area contributed by atoms with Gasteiger partial charge in [-0.25, -0.2) is 0 Å². The van der Waals surface area contributed by atoms with Crippen LogP contribution in [-0.4, -0.2) is 65.9 Å². The number of hydrogen-bond acceptors (Lipinski definition) is 5. The van der Waals surface area contributed by atoms with Gasteiger partial charge in [0.2, 0.25) is 0 Å². The maximum absolute atomic E-state index is 6.03. The summed E-state index contributed by atoms with van der Waals surface area (Å²) in [6.45, 7) is 8.31. The predicted molar refractivity (Wildman–Crippen MR) is 83.7 cm³/mol. The fraction of sp³-hybridized carbons (Fsp3) is 1.00. The van der Waals surface area contributed by atoms with Crippen molar-refractivity contribution in [2.24, 2.45) is 5.41 Å². The zero-order chi connectivity index (χ0) is 15.6. The smallest absolute Gasteiger partial charge is 0.0704 e. The molecule has 0 bridgehead atoms. The molecule has 0 aromatic carbocycles. The van der Waals surface area contributed by atoms with Crippen molar-refractivity contribution in [3.05, 3.63) is 0 Å². The van der Waals surface area contributed by atoms with Crippen LogP contribution >= 0.6 is 0 Å². The van der Waals surface area contributed by atoms with Crippen molar-refractivity contribution in [3.8, 4) is 0 Å². The Hall–Kier alpha value is -0.200. The highest BCUT2D eigenvalue weighted by Crippen LogP contribution is 2.48. The molecule has 0 saturated heterocycles. The van der Waals surface area contributed by atoms with Gasteiger partial charge in [0.15, 0.2) is 0 Å². The summed E-state index contributed by atoms with van der Waals surface area (Å²) in [5.74, 6) is 0. The van der Waals surface area contributed by atoms with Gasteiger partial charge >= 0.3 is 0 Å². The van der Waals surface area contributed by atoms with Crippen LogP contribution in [0.2, 0.25) is 0 Å². The molecule has 1 saturated carbocycles. The summed E-state index contributed by atoms with van der Waals surface area (Å²) in [6, 6.07) is 0.590. The van der Waals surface area contributed by atoms with Gasteiger partial charge in [-0.2, -0.15) is 0 Å². The van der Waals surface area contributed by atoms with Crippen LogP contribution in [0.4, 0.5) is 0 Å². The SMILES string of the molecule is CCC1(CC)C(NC)CC1OCCOCCOCCOC. The largest absolute Gasteiger partial charge is 0.382 e. The summed E-state index contributed by atoms with van der Waals surface area (Å²) in [5.41, 5.74) is 0.304. The molecule has 126 valence electrons. The molecule has 5 heteroatoms. The molecule has 0 heterocycles. The first-order chi connectivity index (χ1) is 10.2. The average molecular weight is 303 g/mol. The van der Waals surface area contributed by atoms with E-state index in [0.29, 0.717) is 57.2 Å². The first kappa shape index (κ1) is 18.8. The van der Waals surface area contributed by atoms with Crippen molar-refractivity contribution in [2.45, 2.75) is 45.3 Å². The maximum Gasteiger partial charge on any atom is 0.0704 e. The first-order valence-electron chi connectivity index (χ1n) is 8.18. The van der Waals surface area contributed by atoms with Crippen LogP contribution < -0.4 is 5.32 Å². The highest BCUT2D eigenvalue weighted by molar-refractivity contribution is 5.06. The zero-order valence-corrected chi connectivity index (χ0v) is 14.2. The zero-order valence-electron chi connectivity index (χ0n) is 14.2. The van der Waals surface area contributed by atoms with Crippen LogP contribution in [0.15, 0.2) is 0 Å². The number of rotatable bonds is 13. The van der Waals surface area contributed by atoms with Crippen molar-refractivity contribution in [2.75, 3.05) is 53.8 Å². The van der Waals surface area contributed by atoms with E-state index in [1.165, 1.54) is 0 Å². The average Bonchev–Trinajstić information content (AvgIpc) is 2.49. The second-order valence-corrected chi connectivity index (χ2v) is 5.59. The molecule has 1 fully saturated rings. The Bertz CT molecular complexity index is 259. The van der Waals surface area contributed by atoms with Gasteiger partial charge in [-0.1, -0.05) is 13.8 Å². The third-order valence-corrected chi connectivity index (χ3v) is 4.80. The molecule has 1 aliphatic rings. The quantitative estimate of drug-likeness (QED) is 0.526. The molecular weight excluding hydrogens is 270 g/mol. The predicted octanol–water partition coefficient (Wildman–Crippen LogP) is 1.85. The number of methoxy groups -OCH3 is 1. The molecule has 1 rings (SSSR count). The van der Waals surface area contributed by atoms with E-state index in [1.807, 2.05) is 7.05 Å². The molecule has 0 amide bonds. The van der Waals surface area contributed by atoms with Gasteiger partial charge in [0.1, 0.15) is 0 Å². The van der Waals surface area contributed by atoms with Gasteiger partial charge in [-0.3, -0.25) is 0 Å². The molecular formula is C16H33NO4. The second-order valence-electron chi connectivity index (χ2n) is 5.59. The van der Waals surface area contributed by atoms with Crippen molar-refractivity contribution in [1.82, 2.24) is 5.32 Å². The molecule has 21 heavy (non-hydrogen) atoms. The van der Waals surface area contributed by atoms with E-state index >= 15 is 0 Å². The van der Waals surface area contributed by atoms with Crippen molar-refractivity contribution in [1.29, 1.82) is 0 Å². The molecule has 0 aromatic rings. The maximum atomic E-state index is 6.03. The van der Waals surface area contributed by atoms with Crippen LogP contribution in [0.25, 0.3) is 0 Å². The standard InChI is InChI=1S/C16H33NO4/c1-5-16(6-2)14(17-3)13-15(16)21-12-11-20-10-9-19-8-7-18-4/h14-15,17H,5-13H2,1-4H3. The van der Waals surface area contributed by atoms with Crippen molar-refractivity contribution < 1.29 is 18.9 Å². The van der Waals surface area contributed by atoms with Gasteiger partial charge in [-0.05, 0) is 26.3 Å².